The molecule has 7 heteroatoms. The van der Waals surface area contributed by atoms with Crippen LogP contribution >= 0.6 is 11.6 Å². The van der Waals surface area contributed by atoms with Gasteiger partial charge in [-0.2, -0.15) is 0 Å². The Balaban J connectivity index is 2.06. The molecule has 118 valence electrons. The Morgan fingerprint density at radius 1 is 1.45 bits per heavy atom. The van der Waals surface area contributed by atoms with Crippen molar-refractivity contribution in [2.24, 2.45) is 0 Å². The molecule has 22 heavy (non-hydrogen) atoms. The second-order valence-corrected chi connectivity index (χ2v) is 6.94. The fourth-order valence-electron chi connectivity index (χ4n) is 2.39. The van der Waals surface area contributed by atoms with E-state index in [1.807, 2.05) is 0 Å². The number of rotatable bonds is 1. The molecule has 0 aliphatic carbocycles. The maximum absolute atomic E-state index is 15.1. The van der Waals surface area contributed by atoms with E-state index in [0.717, 1.165) is 0 Å². The van der Waals surface area contributed by atoms with Crippen molar-refractivity contribution in [3.05, 3.63) is 23.0 Å². The highest BCUT2D eigenvalue weighted by Crippen LogP contribution is 2.39. The quantitative estimate of drug-likeness (QED) is 0.746. The van der Waals surface area contributed by atoms with E-state index in [4.69, 9.17) is 24.2 Å². The molecule has 0 N–H and O–H groups in total. The fourth-order valence-corrected chi connectivity index (χ4v) is 2.73. The first-order chi connectivity index (χ1) is 10.1. The number of nitrogens with zero attached hydrogens (tertiary/aromatic N) is 2. The molecule has 1 aromatic heterocycles. The Hall–Kier alpha value is -1.30. The van der Waals surface area contributed by atoms with Crippen LogP contribution in [-0.2, 0) is 10.4 Å². The van der Waals surface area contributed by atoms with Crippen molar-refractivity contribution in [1.82, 2.24) is 9.88 Å². The topological polar surface area (TPSA) is 42.4 Å². The SMILES string of the molecule is [B]c1cnc(C2(F)CCN(C(=O)OC(C)(C)C)CC2)c(Cl)c1. The first kappa shape index (κ1) is 17.1. The fraction of sp³-hybridized carbons (Fsp3) is 0.600. The first-order valence-corrected chi connectivity index (χ1v) is 7.57. The van der Waals surface area contributed by atoms with Gasteiger partial charge in [-0.25, -0.2) is 9.18 Å². The van der Waals surface area contributed by atoms with Crippen LogP contribution in [0.25, 0.3) is 0 Å². The van der Waals surface area contributed by atoms with Gasteiger partial charge in [-0.15, -0.1) is 0 Å². The zero-order valence-corrected chi connectivity index (χ0v) is 13.8. The predicted molar refractivity (Wildman–Crippen MR) is 84.5 cm³/mol. The van der Waals surface area contributed by atoms with Crippen LogP contribution < -0.4 is 5.46 Å². The second-order valence-electron chi connectivity index (χ2n) is 6.53. The lowest BCUT2D eigenvalue weighted by Crippen LogP contribution is -2.45. The summed E-state index contributed by atoms with van der Waals surface area (Å²) < 4.78 is 20.4. The lowest BCUT2D eigenvalue weighted by atomic mass is 9.88. The second kappa shape index (κ2) is 6.07. The molecular formula is C15H19BClFN2O2. The maximum Gasteiger partial charge on any atom is 0.410 e. The molecule has 2 heterocycles. The molecule has 1 fully saturated rings. The third-order valence-electron chi connectivity index (χ3n) is 3.49. The van der Waals surface area contributed by atoms with Crippen LogP contribution in [-0.4, -0.2) is 42.5 Å². The summed E-state index contributed by atoms with van der Waals surface area (Å²) >= 11 is 6.05. The number of likely N-dealkylation sites (tertiary alicyclic amines) is 1. The Labute approximate surface area is 136 Å². The molecule has 1 saturated heterocycles. The van der Waals surface area contributed by atoms with Crippen molar-refractivity contribution < 1.29 is 13.9 Å². The van der Waals surface area contributed by atoms with Crippen LogP contribution in [0.3, 0.4) is 0 Å². The van der Waals surface area contributed by atoms with E-state index in [2.05, 4.69) is 4.98 Å². The van der Waals surface area contributed by atoms with Gasteiger partial charge in [-0.05, 0) is 26.8 Å². The Bertz CT molecular complexity index is 569. The van der Waals surface area contributed by atoms with Crippen LogP contribution in [0.15, 0.2) is 12.3 Å². The van der Waals surface area contributed by atoms with Gasteiger partial charge in [0, 0.05) is 32.1 Å². The van der Waals surface area contributed by atoms with E-state index in [1.165, 1.54) is 17.2 Å². The molecule has 0 spiro atoms. The van der Waals surface area contributed by atoms with Crippen molar-refractivity contribution >= 4 is 31.0 Å². The summed E-state index contributed by atoms with van der Waals surface area (Å²) in [5.74, 6) is 0. The number of halogens is 2. The van der Waals surface area contributed by atoms with Gasteiger partial charge >= 0.3 is 6.09 Å². The molecule has 0 bridgehead atoms. The van der Waals surface area contributed by atoms with Gasteiger partial charge < -0.3 is 9.64 Å². The summed E-state index contributed by atoms with van der Waals surface area (Å²) in [6.07, 6.45) is 1.22. The lowest BCUT2D eigenvalue weighted by molar-refractivity contribution is 0.00130. The highest BCUT2D eigenvalue weighted by molar-refractivity contribution is 6.36. The molecule has 1 aromatic rings. The zero-order valence-electron chi connectivity index (χ0n) is 13.0. The number of pyridine rings is 1. The summed E-state index contributed by atoms with van der Waals surface area (Å²) in [6, 6.07) is 1.49. The molecule has 1 aliphatic heterocycles. The van der Waals surface area contributed by atoms with Gasteiger partial charge in [-0.3, -0.25) is 4.98 Å². The predicted octanol–water partition coefficient (Wildman–Crippen LogP) is 2.72. The molecule has 0 aromatic carbocycles. The van der Waals surface area contributed by atoms with Crippen LogP contribution in [0.4, 0.5) is 9.18 Å². The molecule has 0 unspecified atom stereocenters. The van der Waals surface area contributed by atoms with Gasteiger partial charge in [0.25, 0.3) is 0 Å². The van der Waals surface area contributed by atoms with E-state index in [0.29, 0.717) is 5.46 Å². The van der Waals surface area contributed by atoms with Gasteiger partial charge in [0.15, 0.2) is 5.67 Å². The summed E-state index contributed by atoms with van der Waals surface area (Å²) in [5.41, 5.74) is -1.64. The number of aromatic nitrogens is 1. The highest BCUT2D eigenvalue weighted by Gasteiger charge is 2.41. The van der Waals surface area contributed by atoms with Crippen LogP contribution in [0, 0.1) is 0 Å². The number of ether oxygens (including phenoxy) is 1. The van der Waals surface area contributed by atoms with Crippen LogP contribution in [0.2, 0.25) is 5.02 Å². The molecule has 0 atom stereocenters. The molecular weight excluding hydrogens is 305 g/mol. The maximum atomic E-state index is 15.1. The largest absolute Gasteiger partial charge is 0.444 e. The van der Waals surface area contributed by atoms with E-state index in [1.54, 1.807) is 20.8 Å². The van der Waals surface area contributed by atoms with Crippen molar-refractivity contribution in [1.29, 1.82) is 0 Å². The molecule has 1 amide bonds. The number of hydrogen-bond donors (Lipinski definition) is 0. The number of carbonyl (C=O) groups is 1. The standard InChI is InChI=1S/C15H19BClFN2O2/c1-14(2,3)22-13(21)20-6-4-15(18,5-7-20)12-11(17)8-10(16)9-19-12/h8-9H,4-7H2,1-3H3. The number of amides is 1. The molecule has 2 rings (SSSR count). The van der Waals surface area contributed by atoms with E-state index in [-0.39, 0.29) is 36.6 Å². The van der Waals surface area contributed by atoms with Gasteiger partial charge in [0.2, 0.25) is 0 Å². The van der Waals surface area contributed by atoms with Gasteiger partial charge in [-0.1, -0.05) is 17.1 Å². The molecule has 1 aliphatic rings. The number of piperidine rings is 1. The normalized spacial score (nSPS) is 18.1. The summed E-state index contributed by atoms with van der Waals surface area (Å²) in [7, 11) is 5.58. The average Bonchev–Trinajstić information content (AvgIpc) is 2.36. The van der Waals surface area contributed by atoms with E-state index in [9.17, 15) is 4.79 Å². The molecule has 4 nitrogen and oxygen atoms in total. The number of carbonyl (C=O) groups excluding carboxylic acids is 1. The van der Waals surface area contributed by atoms with E-state index >= 15 is 4.39 Å². The van der Waals surface area contributed by atoms with Crippen LogP contribution in [0.1, 0.15) is 39.3 Å². The number of hydrogen-bond acceptors (Lipinski definition) is 3. The first-order valence-electron chi connectivity index (χ1n) is 7.19. The Kier molecular flexibility index (Phi) is 4.71. The average molecular weight is 325 g/mol. The molecule has 2 radical (unpaired) electrons. The minimum absolute atomic E-state index is 0.128. The molecule has 0 saturated carbocycles. The Morgan fingerprint density at radius 3 is 2.55 bits per heavy atom. The van der Waals surface area contributed by atoms with E-state index < -0.39 is 17.4 Å². The van der Waals surface area contributed by atoms with Gasteiger partial charge in [0.1, 0.15) is 13.4 Å². The summed E-state index contributed by atoms with van der Waals surface area (Å²) in [4.78, 5) is 17.5. The Morgan fingerprint density at radius 2 is 2.05 bits per heavy atom. The summed E-state index contributed by atoms with van der Waals surface area (Å²) in [6.45, 7) is 5.91. The zero-order chi connectivity index (χ0) is 16.5. The smallest absolute Gasteiger partial charge is 0.410 e. The van der Waals surface area contributed by atoms with Crippen LogP contribution in [0.5, 0.6) is 0 Å². The lowest BCUT2D eigenvalue weighted by Gasteiger charge is -2.37. The van der Waals surface area contributed by atoms with Crippen molar-refractivity contribution in [2.45, 2.75) is 44.9 Å². The van der Waals surface area contributed by atoms with Crippen molar-refractivity contribution in [3.63, 3.8) is 0 Å². The third-order valence-corrected chi connectivity index (χ3v) is 3.78. The highest BCUT2D eigenvalue weighted by atomic mass is 35.5. The minimum Gasteiger partial charge on any atom is -0.444 e. The van der Waals surface area contributed by atoms with Crippen molar-refractivity contribution in [3.8, 4) is 0 Å². The number of alkyl halides is 1. The third kappa shape index (κ3) is 3.91. The van der Waals surface area contributed by atoms with Crippen molar-refractivity contribution in [2.75, 3.05) is 13.1 Å². The van der Waals surface area contributed by atoms with Gasteiger partial charge in [0.05, 0.1) is 10.7 Å². The monoisotopic (exact) mass is 324 g/mol. The minimum atomic E-state index is -1.65. The summed E-state index contributed by atoms with van der Waals surface area (Å²) in [5, 5.41) is 0.216.